The molecular weight excluding hydrogens is 512 g/mol. The summed E-state index contributed by atoms with van der Waals surface area (Å²) in [6.07, 6.45) is 5.90. The average Bonchev–Trinajstić information content (AvgIpc) is 3.44. The Labute approximate surface area is 241 Å². The summed E-state index contributed by atoms with van der Waals surface area (Å²) >= 11 is 0. The van der Waals surface area contributed by atoms with Crippen LogP contribution in [-0.2, 0) is 21.4 Å². The lowest BCUT2D eigenvalue weighted by Crippen LogP contribution is -2.51. The minimum absolute atomic E-state index is 0.0745. The number of rotatable bonds is 6. The number of carbonyl (C=O) groups excluding carboxylic acids is 3. The van der Waals surface area contributed by atoms with Crippen molar-refractivity contribution in [1.29, 1.82) is 0 Å². The number of Topliss-reactive ketones (excluding diaryl/α,β-unsaturated/α-hetero) is 2. The number of anilines is 2. The Bertz CT molecular complexity index is 1580. The number of carbonyl (C=O) groups is 3. The first kappa shape index (κ1) is 27.0. The third kappa shape index (κ3) is 3.95. The smallest absolute Gasteiger partial charge is 0.238 e. The summed E-state index contributed by atoms with van der Waals surface area (Å²) in [5.41, 5.74) is 2.74. The van der Waals surface area contributed by atoms with Crippen molar-refractivity contribution in [1.82, 2.24) is 0 Å². The Morgan fingerprint density at radius 3 is 2.44 bits per heavy atom. The van der Waals surface area contributed by atoms with E-state index in [1.807, 2.05) is 105 Å². The van der Waals surface area contributed by atoms with Gasteiger partial charge in [-0.3, -0.25) is 14.4 Å². The van der Waals surface area contributed by atoms with Crippen LogP contribution >= 0.6 is 0 Å². The van der Waals surface area contributed by atoms with Gasteiger partial charge < -0.3 is 15.0 Å². The number of nitrogens with zero attached hydrogens (tertiary/aromatic N) is 1. The molecule has 0 unspecified atom stereocenters. The predicted octanol–water partition coefficient (Wildman–Crippen LogP) is 6.24. The molecule has 0 radical (unpaired) electrons. The molecule has 1 saturated heterocycles. The summed E-state index contributed by atoms with van der Waals surface area (Å²) in [7, 11) is 1.62. The Balaban J connectivity index is 1.63. The first-order valence-electron chi connectivity index (χ1n) is 14.4. The number of fused-ring (bicyclic) bond motifs is 6. The monoisotopic (exact) mass is 548 g/mol. The van der Waals surface area contributed by atoms with E-state index in [-0.39, 0.29) is 17.5 Å². The molecule has 1 amide bonds. The number of amides is 1. The molecule has 3 aliphatic heterocycles. The van der Waals surface area contributed by atoms with Crippen molar-refractivity contribution in [3.8, 4) is 5.75 Å². The highest BCUT2D eigenvalue weighted by molar-refractivity contribution is 6.17. The van der Waals surface area contributed by atoms with E-state index in [2.05, 4.69) is 12.2 Å². The maximum absolute atomic E-state index is 14.8. The first-order valence-corrected chi connectivity index (χ1v) is 14.4. The zero-order chi connectivity index (χ0) is 29.1. The quantitative estimate of drug-likeness (QED) is 0.369. The lowest BCUT2D eigenvalue weighted by atomic mass is 9.63. The summed E-state index contributed by atoms with van der Waals surface area (Å²) in [5.74, 6) is -0.767. The fraction of sp³-hybridized carbons (Fsp3) is 0.343. The first-order chi connectivity index (χ1) is 19.6. The standard InChI is InChI=1S/C35H36N2O4/c1-6-9-21-12-14-22(15-13-21)31(38)29-30(32(39)34(2,3)4)37-27-18-17-24(41-5)20-23(27)16-19-28(37)35(29)25-10-7-8-11-26(25)36-33(35)40/h7-8,10-20,28-30H,6,9H2,1-5H3,(H,36,40)/t28-,29+,30+,35-/m1/s1. The predicted molar refractivity (Wildman–Crippen MR) is 162 cm³/mol. The van der Waals surface area contributed by atoms with Gasteiger partial charge in [0.1, 0.15) is 17.2 Å². The summed E-state index contributed by atoms with van der Waals surface area (Å²) in [6.45, 7) is 7.77. The lowest BCUT2D eigenvalue weighted by Gasteiger charge is -2.38. The Morgan fingerprint density at radius 2 is 1.76 bits per heavy atom. The van der Waals surface area contributed by atoms with Gasteiger partial charge in [-0.05, 0) is 41.8 Å². The maximum Gasteiger partial charge on any atom is 0.238 e. The Kier molecular flexibility index (Phi) is 6.40. The van der Waals surface area contributed by atoms with E-state index in [0.717, 1.165) is 35.2 Å². The van der Waals surface area contributed by atoms with E-state index in [0.29, 0.717) is 17.0 Å². The molecule has 1 N–H and O–H groups in total. The van der Waals surface area contributed by atoms with Gasteiger partial charge in [0.05, 0.1) is 19.1 Å². The van der Waals surface area contributed by atoms with Gasteiger partial charge in [0.15, 0.2) is 11.6 Å². The molecule has 0 bridgehead atoms. The van der Waals surface area contributed by atoms with Crippen molar-refractivity contribution in [2.45, 2.75) is 58.0 Å². The molecule has 6 nitrogen and oxygen atoms in total. The lowest BCUT2D eigenvalue weighted by molar-refractivity contribution is -0.128. The third-order valence-corrected chi connectivity index (χ3v) is 8.91. The van der Waals surface area contributed by atoms with E-state index in [1.54, 1.807) is 7.11 Å². The molecule has 3 heterocycles. The molecule has 0 aromatic heterocycles. The fourth-order valence-corrected chi connectivity index (χ4v) is 7.03. The molecule has 0 aliphatic carbocycles. The van der Waals surface area contributed by atoms with Gasteiger partial charge in [-0.15, -0.1) is 0 Å². The van der Waals surface area contributed by atoms with E-state index < -0.39 is 28.8 Å². The minimum Gasteiger partial charge on any atom is -0.497 e. The topological polar surface area (TPSA) is 75.7 Å². The molecule has 6 rings (SSSR count). The molecule has 3 aromatic rings. The van der Waals surface area contributed by atoms with Crippen molar-refractivity contribution < 1.29 is 19.1 Å². The molecule has 3 aliphatic rings. The number of ether oxygens (including phenoxy) is 1. The van der Waals surface area contributed by atoms with Crippen LogP contribution in [0.3, 0.4) is 0 Å². The number of methoxy groups -OCH3 is 1. The number of benzene rings is 3. The second-order valence-electron chi connectivity index (χ2n) is 12.4. The number of aryl methyl sites for hydroxylation is 1. The van der Waals surface area contributed by atoms with Gasteiger partial charge in [-0.1, -0.05) is 88.7 Å². The maximum atomic E-state index is 14.8. The molecule has 41 heavy (non-hydrogen) atoms. The molecule has 6 heteroatoms. The van der Waals surface area contributed by atoms with Gasteiger partial charge in [-0.2, -0.15) is 0 Å². The highest BCUT2D eigenvalue weighted by atomic mass is 16.5. The molecule has 1 spiro atoms. The fourth-order valence-electron chi connectivity index (χ4n) is 7.03. The van der Waals surface area contributed by atoms with Gasteiger partial charge in [0.25, 0.3) is 0 Å². The van der Waals surface area contributed by atoms with Crippen LogP contribution in [0.1, 0.15) is 61.2 Å². The number of hydrogen-bond donors (Lipinski definition) is 1. The second kappa shape index (κ2) is 9.72. The van der Waals surface area contributed by atoms with Crippen molar-refractivity contribution in [2.75, 3.05) is 17.3 Å². The summed E-state index contributed by atoms with van der Waals surface area (Å²) in [4.78, 5) is 45.8. The number of ketones is 2. The van der Waals surface area contributed by atoms with Crippen LogP contribution in [0.5, 0.6) is 5.75 Å². The third-order valence-electron chi connectivity index (χ3n) is 8.91. The molecule has 210 valence electrons. The van der Waals surface area contributed by atoms with Crippen LogP contribution in [0.2, 0.25) is 0 Å². The average molecular weight is 549 g/mol. The summed E-state index contributed by atoms with van der Waals surface area (Å²) < 4.78 is 5.48. The zero-order valence-electron chi connectivity index (χ0n) is 24.2. The zero-order valence-corrected chi connectivity index (χ0v) is 24.2. The van der Waals surface area contributed by atoms with Crippen LogP contribution < -0.4 is 15.0 Å². The van der Waals surface area contributed by atoms with Crippen LogP contribution in [0, 0.1) is 11.3 Å². The number of para-hydroxylation sites is 1. The number of nitrogens with one attached hydrogen (secondary N) is 1. The van der Waals surface area contributed by atoms with E-state index in [9.17, 15) is 14.4 Å². The Hall–Kier alpha value is -4.19. The van der Waals surface area contributed by atoms with E-state index in [1.165, 1.54) is 0 Å². The highest BCUT2D eigenvalue weighted by Crippen LogP contribution is 2.58. The summed E-state index contributed by atoms with van der Waals surface area (Å²) in [5, 5.41) is 3.08. The molecular formula is C35H36N2O4. The normalized spacial score (nSPS) is 24.1. The van der Waals surface area contributed by atoms with Crippen molar-refractivity contribution >= 4 is 34.9 Å². The van der Waals surface area contributed by atoms with Gasteiger partial charge >= 0.3 is 0 Å². The van der Waals surface area contributed by atoms with Crippen molar-refractivity contribution in [2.24, 2.45) is 11.3 Å². The second-order valence-corrected chi connectivity index (χ2v) is 12.4. The van der Waals surface area contributed by atoms with Gasteiger partial charge in [0, 0.05) is 27.9 Å². The SMILES string of the molecule is CCCc1ccc(C(=O)[C@@H]2[C@@H](C(=O)C(C)(C)C)N3c4ccc(OC)cc4C=C[C@@H]3[C@@]23C(=O)Nc2ccccc23)cc1. The van der Waals surface area contributed by atoms with Crippen LogP contribution in [0.4, 0.5) is 11.4 Å². The van der Waals surface area contributed by atoms with Crippen LogP contribution in [0.15, 0.2) is 72.8 Å². The molecule has 1 fully saturated rings. The molecule has 3 aromatic carbocycles. The Morgan fingerprint density at radius 1 is 1.02 bits per heavy atom. The highest BCUT2D eigenvalue weighted by Gasteiger charge is 2.70. The largest absolute Gasteiger partial charge is 0.497 e. The molecule has 4 atom stereocenters. The van der Waals surface area contributed by atoms with E-state index in [4.69, 9.17) is 4.74 Å². The van der Waals surface area contributed by atoms with Gasteiger partial charge in [-0.25, -0.2) is 0 Å². The van der Waals surface area contributed by atoms with Crippen molar-refractivity contribution in [3.05, 3.63) is 95.1 Å². The number of hydrogen-bond acceptors (Lipinski definition) is 5. The van der Waals surface area contributed by atoms with Crippen LogP contribution in [-0.4, -0.2) is 36.7 Å². The molecule has 0 saturated carbocycles. The minimum atomic E-state index is -1.30. The van der Waals surface area contributed by atoms with Crippen LogP contribution in [0.25, 0.3) is 6.08 Å². The van der Waals surface area contributed by atoms with Gasteiger partial charge in [0.2, 0.25) is 5.91 Å². The van der Waals surface area contributed by atoms with Crippen molar-refractivity contribution in [3.63, 3.8) is 0 Å². The van der Waals surface area contributed by atoms with E-state index >= 15 is 0 Å². The summed E-state index contributed by atoms with van der Waals surface area (Å²) in [6, 6.07) is 19.6.